The van der Waals surface area contributed by atoms with Gasteiger partial charge >= 0.3 is 5.97 Å². The van der Waals surface area contributed by atoms with Crippen molar-refractivity contribution in [2.45, 2.75) is 0 Å². The molecule has 0 spiro atoms. The largest absolute Gasteiger partial charge is 0.477 e. The molecule has 0 amide bonds. The number of aromatic nitrogens is 1. The number of aryl methyl sites for hydroxylation is 1. The van der Waals surface area contributed by atoms with Gasteiger partial charge in [0.1, 0.15) is 11.4 Å². The molecule has 4 nitrogen and oxygen atoms in total. The highest BCUT2D eigenvalue weighted by molar-refractivity contribution is 5.92. The number of carbonyl (C=O) groups is 1. The van der Waals surface area contributed by atoms with Crippen molar-refractivity contribution in [2.75, 3.05) is 0 Å². The summed E-state index contributed by atoms with van der Waals surface area (Å²) in [5, 5.41) is 9.01. The van der Waals surface area contributed by atoms with Crippen molar-refractivity contribution in [3.63, 3.8) is 0 Å². The summed E-state index contributed by atoms with van der Waals surface area (Å²) in [5.41, 5.74) is -0.544. The predicted molar refractivity (Wildman–Crippen MR) is 56.1 cm³/mol. The molecule has 0 saturated carbocycles. The zero-order chi connectivity index (χ0) is 11.9. The number of halogens is 1. The zero-order valence-electron chi connectivity index (χ0n) is 8.40. The third kappa shape index (κ3) is 1.46. The third-order valence-corrected chi connectivity index (χ3v) is 2.38. The van der Waals surface area contributed by atoms with Gasteiger partial charge in [-0.25, -0.2) is 9.18 Å². The standard InChI is InChI=1S/C11H8FNO3/c1-13-5-8(11(15)16)10(14)7-3-2-6(12)4-9(7)13/h2-5H,1H3,(H,15,16). The number of rotatable bonds is 1. The Bertz CT molecular complexity index is 645. The molecule has 0 bridgehead atoms. The summed E-state index contributed by atoms with van der Waals surface area (Å²) in [7, 11) is 1.56. The third-order valence-electron chi connectivity index (χ3n) is 2.38. The second-order valence-electron chi connectivity index (χ2n) is 3.45. The summed E-state index contributed by atoms with van der Waals surface area (Å²) in [6, 6.07) is 3.62. The minimum absolute atomic E-state index is 0.198. The number of benzene rings is 1. The number of nitrogens with zero attached hydrogens (tertiary/aromatic N) is 1. The molecule has 16 heavy (non-hydrogen) atoms. The van der Waals surface area contributed by atoms with Gasteiger partial charge in [-0.3, -0.25) is 4.79 Å². The molecule has 2 rings (SSSR count). The summed E-state index contributed by atoms with van der Waals surface area (Å²) >= 11 is 0. The van der Waals surface area contributed by atoms with E-state index in [1.54, 1.807) is 7.05 Å². The van der Waals surface area contributed by atoms with Gasteiger partial charge in [-0.05, 0) is 18.2 Å². The molecule has 1 N–H and O–H groups in total. The number of pyridine rings is 1. The van der Waals surface area contributed by atoms with E-state index in [-0.39, 0.29) is 10.9 Å². The Morgan fingerprint density at radius 1 is 1.44 bits per heavy atom. The molecule has 0 radical (unpaired) electrons. The first-order chi connectivity index (χ1) is 7.50. The van der Waals surface area contributed by atoms with Gasteiger partial charge in [0.05, 0.1) is 5.52 Å². The molecule has 5 heteroatoms. The highest BCUT2D eigenvalue weighted by Gasteiger charge is 2.13. The lowest BCUT2D eigenvalue weighted by atomic mass is 10.1. The van der Waals surface area contributed by atoms with Crippen LogP contribution in [0.25, 0.3) is 10.9 Å². The van der Waals surface area contributed by atoms with Gasteiger partial charge in [-0.2, -0.15) is 0 Å². The Hall–Kier alpha value is -2.17. The van der Waals surface area contributed by atoms with Crippen molar-refractivity contribution in [1.82, 2.24) is 4.57 Å². The Labute approximate surface area is 89.6 Å². The monoisotopic (exact) mass is 221 g/mol. The van der Waals surface area contributed by atoms with Crippen LogP contribution >= 0.6 is 0 Å². The van der Waals surface area contributed by atoms with Gasteiger partial charge in [-0.1, -0.05) is 0 Å². The number of hydrogen-bond acceptors (Lipinski definition) is 2. The first-order valence-electron chi connectivity index (χ1n) is 4.53. The van der Waals surface area contributed by atoms with Crippen LogP contribution in [0.5, 0.6) is 0 Å². The molecular formula is C11H8FNO3. The van der Waals surface area contributed by atoms with E-state index >= 15 is 0 Å². The maximum absolute atomic E-state index is 13.0. The van der Waals surface area contributed by atoms with E-state index in [1.165, 1.54) is 22.9 Å². The molecule has 0 saturated heterocycles. The summed E-state index contributed by atoms with van der Waals surface area (Å²) in [6.07, 6.45) is 1.19. The van der Waals surface area contributed by atoms with Crippen LogP contribution in [0, 0.1) is 5.82 Å². The Morgan fingerprint density at radius 3 is 2.75 bits per heavy atom. The van der Waals surface area contributed by atoms with E-state index in [1.807, 2.05) is 0 Å². The Balaban J connectivity index is 2.96. The number of fused-ring (bicyclic) bond motifs is 1. The van der Waals surface area contributed by atoms with Gasteiger partial charge in [0.25, 0.3) is 0 Å². The minimum Gasteiger partial charge on any atom is -0.477 e. The molecule has 82 valence electrons. The fourth-order valence-electron chi connectivity index (χ4n) is 1.61. The molecule has 0 aliphatic carbocycles. The molecule has 1 aromatic carbocycles. The summed E-state index contributed by atoms with van der Waals surface area (Å²) in [4.78, 5) is 22.5. The zero-order valence-corrected chi connectivity index (χ0v) is 8.40. The van der Waals surface area contributed by atoms with E-state index in [9.17, 15) is 14.0 Å². The maximum atomic E-state index is 13.0. The molecule has 0 aliphatic rings. The van der Waals surface area contributed by atoms with Crippen LogP contribution in [0.15, 0.2) is 29.2 Å². The number of hydrogen-bond donors (Lipinski definition) is 1. The normalized spacial score (nSPS) is 10.6. The number of carboxylic acid groups (broad SMARTS) is 1. The van der Waals surface area contributed by atoms with E-state index < -0.39 is 17.2 Å². The van der Waals surface area contributed by atoms with Crippen LogP contribution < -0.4 is 5.43 Å². The van der Waals surface area contributed by atoms with Crippen LogP contribution in [0.4, 0.5) is 4.39 Å². The predicted octanol–water partition coefficient (Wildman–Crippen LogP) is 1.38. The topological polar surface area (TPSA) is 59.3 Å². The van der Waals surface area contributed by atoms with Crippen molar-refractivity contribution in [2.24, 2.45) is 7.05 Å². The lowest BCUT2D eigenvalue weighted by Gasteiger charge is -2.06. The average Bonchev–Trinajstić information content (AvgIpc) is 2.22. The quantitative estimate of drug-likeness (QED) is 0.791. The SMILES string of the molecule is Cn1cc(C(=O)O)c(=O)c2ccc(F)cc21. The van der Waals surface area contributed by atoms with Gasteiger partial charge in [0.15, 0.2) is 0 Å². The first-order valence-corrected chi connectivity index (χ1v) is 4.53. The molecular weight excluding hydrogens is 213 g/mol. The van der Waals surface area contributed by atoms with Gasteiger partial charge in [0.2, 0.25) is 5.43 Å². The highest BCUT2D eigenvalue weighted by atomic mass is 19.1. The van der Waals surface area contributed by atoms with Gasteiger partial charge in [0, 0.05) is 18.6 Å². The van der Waals surface area contributed by atoms with E-state index in [0.29, 0.717) is 5.52 Å². The van der Waals surface area contributed by atoms with Gasteiger partial charge in [-0.15, -0.1) is 0 Å². The average molecular weight is 221 g/mol. The minimum atomic E-state index is -1.29. The van der Waals surface area contributed by atoms with E-state index in [2.05, 4.69) is 0 Å². The molecule has 1 aromatic heterocycles. The van der Waals surface area contributed by atoms with E-state index in [4.69, 9.17) is 5.11 Å². The molecule has 0 aliphatic heterocycles. The van der Waals surface area contributed by atoms with Crippen molar-refractivity contribution in [3.8, 4) is 0 Å². The van der Waals surface area contributed by atoms with Crippen molar-refractivity contribution in [1.29, 1.82) is 0 Å². The Kier molecular flexibility index (Phi) is 2.23. The van der Waals surface area contributed by atoms with Gasteiger partial charge < -0.3 is 9.67 Å². The van der Waals surface area contributed by atoms with Crippen molar-refractivity contribution >= 4 is 16.9 Å². The Morgan fingerprint density at radius 2 is 2.12 bits per heavy atom. The lowest BCUT2D eigenvalue weighted by molar-refractivity contribution is 0.0695. The van der Waals surface area contributed by atoms with Crippen molar-refractivity contribution in [3.05, 3.63) is 46.0 Å². The number of carboxylic acids is 1. The van der Waals surface area contributed by atoms with E-state index in [0.717, 1.165) is 6.07 Å². The van der Waals surface area contributed by atoms with Crippen molar-refractivity contribution < 1.29 is 14.3 Å². The van der Waals surface area contributed by atoms with Crippen LogP contribution in [0.3, 0.4) is 0 Å². The first kappa shape index (κ1) is 10.4. The molecule has 2 aromatic rings. The molecule has 1 heterocycles. The van der Waals surface area contributed by atoms with Crippen LogP contribution in [-0.2, 0) is 7.05 Å². The summed E-state index contributed by atoms with van der Waals surface area (Å²) in [6.45, 7) is 0. The number of aromatic carboxylic acids is 1. The fraction of sp³-hybridized carbons (Fsp3) is 0.0909. The summed E-state index contributed by atoms with van der Waals surface area (Å²) < 4.78 is 14.4. The lowest BCUT2D eigenvalue weighted by Crippen LogP contribution is -2.17. The van der Waals surface area contributed by atoms with Crippen LogP contribution in [-0.4, -0.2) is 15.6 Å². The second kappa shape index (κ2) is 3.44. The van der Waals surface area contributed by atoms with Crippen LogP contribution in [0.1, 0.15) is 10.4 Å². The van der Waals surface area contributed by atoms with Crippen LogP contribution in [0.2, 0.25) is 0 Å². The molecule has 0 fully saturated rings. The fourth-order valence-corrected chi connectivity index (χ4v) is 1.61. The molecule has 0 unspecified atom stereocenters. The maximum Gasteiger partial charge on any atom is 0.341 e. The highest BCUT2D eigenvalue weighted by Crippen LogP contribution is 2.12. The summed E-state index contributed by atoms with van der Waals surface area (Å²) in [5.74, 6) is -1.75. The molecule has 0 atom stereocenters. The second-order valence-corrected chi connectivity index (χ2v) is 3.45. The smallest absolute Gasteiger partial charge is 0.341 e.